The maximum atomic E-state index is 13.1. The summed E-state index contributed by atoms with van der Waals surface area (Å²) in [7, 11) is 0. The number of carbonyl (C=O) groups excluding carboxylic acids is 1. The van der Waals surface area contributed by atoms with E-state index in [1.807, 2.05) is 6.92 Å². The van der Waals surface area contributed by atoms with Crippen molar-refractivity contribution >= 4 is 11.7 Å². The van der Waals surface area contributed by atoms with Gasteiger partial charge in [-0.15, -0.1) is 0 Å². The zero-order valence-electron chi connectivity index (χ0n) is 13.2. The summed E-state index contributed by atoms with van der Waals surface area (Å²) in [5.41, 5.74) is 5.61. The maximum Gasteiger partial charge on any atom is 0.433 e. The van der Waals surface area contributed by atoms with Crippen molar-refractivity contribution in [2.75, 3.05) is 5.73 Å². The molecule has 0 fully saturated rings. The molecule has 2 heterocycles. The summed E-state index contributed by atoms with van der Waals surface area (Å²) >= 11 is 0. The highest BCUT2D eigenvalue weighted by atomic mass is 19.4. The molecule has 0 saturated heterocycles. The molecule has 128 valence electrons. The number of carbonyl (C=O) groups is 1. The minimum atomic E-state index is -4.65. The van der Waals surface area contributed by atoms with Crippen molar-refractivity contribution in [2.24, 2.45) is 0 Å². The topological polar surface area (TPSA) is 80.9 Å². The van der Waals surface area contributed by atoms with E-state index < -0.39 is 17.8 Å². The van der Waals surface area contributed by atoms with Gasteiger partial charge in [0.25, 0.3) is 5.91 Å². The molecular formula is C16H17F3N4O. The number of aryl methyl sites for hydroxylation is 2. The first kappa shape index (κ1) is 17.7. The number of hydrogen-bond acceptors (Lipinski definition) is 4. The molecule has 0 aliphatic carbocycles. The van der Waals surface area contributed by atoms with Crippen LogP contribution in [0.5, 0.6) is 0 Å². The predicted octanol–water partition coefficient (Wildman–Crippen LogP) is 2.88. The van der Waals surface area contributed by atoms with Gasteiger partial charge in [-0.05, 0) is 37.1 Å². The molecule has 0 spiro atoms. The first-order chi connectivity index (χ1) is 11.2. The van der Waals surface area contributed by atoms with Crippen molar-refractivity contribution in [1.29, 1.82) is 0 Å². The van der Waals surface area contributed by atoms with Gasteiger partial charge in [0.2, 0.25) is 0 Å². The first-order valence-electron chi connectivity index (χ1n) is 7.28. The number of rotatable bonds is 4. The second kappa shape index (κ2) is 6.86. The minimum Gasteiger partial charge on any atom is -0.384 e. The van der Waals surface area contributed by atoms with Crippen molar-refractivity contribution in [3.8, 4) is 0 Å². The van der Waals surface area contributed by atoms with E-state index >= 15 is 0 Å². The standard InChI is InChI=1S/C16H17F3N4O/c1-3-11-7-10(4-5-21-11)15(24)22-8-12-9(2)6-13(20)23-14(12)16(17,18)19/h4-7H,3,8H2,1-2H3,(H2,20,23)(H,22,24). The van der Waals surface area contributed by atoms with Gasteiger partial charge >= 0.3 is 6.18 Å². The fourth-order valence-electron chi connectivity index (χ4n) is 2.27. The van der Waals surface area contributed by atoms with Crippen molar-refractivity contribution in [3.05, 3.63) is 52.5 Å². The summed E-state index contributed by atoms with van der Waals surface area (Å²) in [6.07, 6.45) is -2.50. The molecule has 2 aromatic heterocycles. The lowest BCUT2D eigenvalue weighted by Gasteiger charge is -2.16. The Morgan fingerprint density at radius 3 is 2.67 bits per heavy atom. The maximum absolute atomic E-state index is 13.1. The van der Waals surface area contributed by atoms with Crippen LogP contribution < -0.4 is 11.1 Å². The third kappa shape index (κ3) is 4.01. The highest BCUT2D eigenvalue weighted by Gasteiger charge is 2.36. The predicted molar refractivity (Wildman–Crippen MR) is 83.2 cm³/mol. The Bertz CT molecular complexity index is 759. The summed E-state index contributed by atoms with van der Waals surface area (Å²) in [6, 6.07) is 4.46. The van der Waals surface area contributed by atoms with E-state index in [0.717, 1.165) is 5.69 Å². The summed E-state index contributed by atoms with van der Waals surface area (Å²) in [5, 5.41) is 2.49. The Morgan fingerprint density at radius 2 is 2.04 bits per heavy atom. The van der Waals surface area contributed by atoms with E-state index in [-0.39, 0.29) is 17.9 Å². The van der Waals surface area contributed by atoms with Crippen molar-refractivity contribution in [3.63, 3.8) is 0 Å². The third-order valence-corrected chi connectivity index (χ3v) is 3.50. The van der Waals surface area contributed by atoms with Crippen LogP contribution in [-0.4, -0.2) is 15.9 Å². The average Bonchev–Trinajstić information content (AvgIpc) is 2.52. The molecule has 0 radical (unpaired) electrons. The zero-order chi connectivity index (χ0) is 17.9. The van der Waals surface area contributed by atoms with Crippen LogP contribution in [0.4, 0.5) is 19.0 Å². The number of aromatic nitrogens is 2. The Balaban J connectivity index is 2.24. The van der Waals surface area contributed by atoms with Gasteiger partial charge in [0.1, 0.15) is 5.82 Å². The summed E-state index contributed by atoms with van der Waals surface area (Å²) < 4.78 is 39.3. The average molecular weight is 338 g/mol. The lowest BCUT2D eigenvalue weighted by molar-refractivity contribution is -0.141. The molecular weight excluding hydrogens is 321 g/mol. The molecule has 0 aliphatic heterocycles. The summed E-state index contributed by atoms with van der Waals surface area (Å²) in [4.78, 5) is 19.6. The molecule has 5 nitrogen and oxygen atoms in total. The molecule has 0 bridgehead atoms. The lowest BCUT2D eigenvalue weighted by Crippen LogP contribution is -2.26. The number of halogens is 3. The largest absolute Gasteiger partial charge is 0.433 e. The van der Waals surface area contributed by atoms with Gasteiger partial charge in [-0.25, -0.2) is 4.98 Å². The van der Waals surface area contributed by atoms with Crippen molar-refractivity contribution in [2.45, 2.75) is 33.0 Å². The smallest absolute Gasteiger partial charge is 0.384 e. The van der Waals surface area contributed by atoms with Gasteiger partial charge in [0.15, 0.2) is 5.69 Å². The Hall–Kier alpha value is -2.64. The van der Waals surface area contributed by atoms with E-state index in [1.165, 1.54) is 25.3 Å². The van der Waals surface area contributed by atoms with Crippen LogP contribution in [0.25, 0.3) is 0 Å². The zero-order valence-corrected chi connectivity index (χ0v) is 13.2. The Kier molecular flexibility index (Phi) is 5.06. The highest BCUT2D eigenvalue weighted by Crippen LogP contribution is 2.32. The van der Waals surface area contributed by atoms with Gasteiger partial charge in [0.05, 0.1) is 0 Å². The number of hydrogen-bond donors (Lipinski definition) is 2. The molecule has 0 unspecified atom stereocenters. The third-order valence-electron chi connectivity index (χ3n) is 3.50. The number of nitrogens with one attached hydrogen (secondary N) is 1. The number of anilines is 1. The normalized spacial score (nSPS) is 11.4. The molecule has 0 atom stereocenters. The van der Waals surface area contributed by atoms with Gasteiger partial charge in [0, 0.05) is 29.6 Å². The highest BCUT2D eigenvalue weighted by molar-refractivity contribution is 5.94. The van der Waals surface area contributed by atoms with Gasteiger partial charge in [-0.3, -0.25) is 9.78 Å². The van der Waals surface area contributed by atoms with E-state index in [0.29, 0.717) is 17.5 Å². The SMILES string of the molecule is CCc1cc(C(=O)NCc2c(C)cc(N)nc2C(F)(F)F)ccn1. The molecule has 8 heteroatoms. The second-order valence-corrected chi connectivity index (χ2v) is 5.26. The van der Waals surface area contributed by atoms with Gasteiger partial charge in [-0.2, -0.15) is 13.2 Å². The molecule has 1 amide bonds. The first-order valence-corrected chi connectivity index (χ1v) is 7.28. The van der Waals surface area contributed by atoms with E-state index in [2.05, 4.69) is 15.3 Å². The summed E-state index contributed by atoms with van der Waals surface area (Å²) in [6.45, 7) is 3.09. The number of alkyl halides is 3. The van der Waals surface area contributed by atoms with Crippen LogP contribution in [0.3, 0.4) is 0 Å². The number of amides is 1. The lowest BCUT2D eigenvalue weighted by atomic mass is 10.1. The van der Waals surface area contributed by atoms with E-state index in [1.54, 1.807) is 6.07 Å². The van der Waals surface area contributed by atoms with E-state index in [4.69, 9.17) is 5.73 Å². The molecule has 0 aromatic carbocycles. The van der Waals surface area contributed by atoms with Gasteiger partial charge < -0.3 is 11.1 Å². The van der Waals surface area contributed by atoms with Crippen LogP contribution in [0.15, 0.2) is 24.4 Å². The van der Waals surface area contributed by atoms with Gasteiger partial charge in [-0.1, -0.05) is 6.92 Å². The quantitative estimate of drug-likeness (QED) is 0.898. The molecule has 2 aromatic rings. The minimum absolute atomic E-state index is 0.102. The summed E-state index contributed by atoms with van der Waals surface area (Å²) in [5.74, 6) is -0.687. The molecule has 0 saturated carbocycles. The number of nitrogens with two attached hydrogens (primary N) is 1. The molecule has 0 aliphatic rings. The van der Waals surface area contributed by atoms with E-state index in [9.17, 15) is 18.0 Å². The van der Waals surface area contributed by atoms with Crippen LogP contribution in [-0.2, 0) is 19.1 Å². The molecule has 24 heavy (non-hydrogen) atoms. The number of pyridine rings is 2. The Morgan fingerprint density at radius 1 is 1.33 bits per heavy atom. The number of nitrogens with zero attached hydrogens (tertiary/aromatic N) is 2. The van der Waals surface area contributed by atoms with Crippen LogP contribution in [0, 0.1) is 6.92 Å². The number of nitrogen functional groups attached to an aromatic ring is 1. The fraction of sp³-hybridized carbons (Fsp3) is 0.312. The second-order valence-electron chi connectivity index (χ2n) is 5.26. The fourth-order valence-corrected chi connectivity index (χ4v) is 2.27. The molecule has 2 rings (SSSR count). The monoisotopic (exact) mass is 338 g/mol. The Labute approximate surface area is 137 Å². The van der Waals surface area contributed by atoms with Crippen LogP contribution in [0.1, 0.15) is 39.8 Å². The molecule has 3 N–H and O–H groups in total. The van der Waals surface area contributed by atoms with Crippen molar-refractivity contribution < 1.29 is 18.0 Å². The van der Waals surface area contributed by atoms with Crippen LogP contribution >= 0.6 is 0 Å². The van der Waals surface area contributed by atoms with Crippen LogP contribution in [0.2, 0.25) is 0 Å². The van der Waals surface area contributed by atoms with Crippen molar-refractivity contribution in [1.82, 2.24) is 15.3 Å².